The third-order valence-corrected chi connectivity index (χ3v) is 2.89. The molecular weight excluding hydrogens is 269 g/mol. The predicted octanol–water partition coefficient (Wildman–Crippen LogP) is 2.86. The lowest BCUT2D eigenvalue weighted by atomic mass is 10.2. The lowest BCUT2D eigenvalue weighted by Crippen LogP contribution is -2.08. The maximum absolute atomic E-state index is 11.4. The van der Waals surface area contributed by atoms with Crippen LogP contribution in [0.5, 0.6) is 0 Å². The van der Waals surface area contributed by atoms with Gasteiger partial charge in [-0.2, -0.15) is 0 Å². The van der Waals surface area contributed by atoms with E-state index in [0.29, 0.717) is 16.8 Å². The van der Waals surface area contributed by atoms with Crippen molar-refractivity contribution >= 4 is 39.2 Å². The highest BCUT2D eigenvalue weighted by atomic mass is 79.9. The quantitative estimate of drug-likeness (QED) is 0.668. The van der Waals surface area contributed by atoms with Gasteiger partial charge < -0.3 is 10.5 Å². The molecule has 1 rings (SSSR count). The van der Waals surface area contributed by atoms with Crippen LogP contribution in [0.25, 0.3) is 0 Å². The zero-order valence-corrected chi connectivity index (χ0v) is 9.85. The average molecular weight is 279 g/mol. The van der Waals surface area contributed by atoms with E-state index in [0.717, 1.165) is 0 Å². The first-order valence-electron chi connectivity index (χ1n) is 3.98. The van der Waals surface area contributed by atoms with Crippen LogP contribution in [0.2, 0.25) is 5.02 Å². The van der Waals surface area contributed by atoms with Crippen LogP contribution in [0.4, 0.5) is 5.69 Å². The maximum Gasteiger partial charge on any atom is 0.341 e. The number of halogens is 2. The smallest absolute Gasteiger partial charge is 0.341 e. The Hall–Kier alpha value is -0.740. The van der Waals surface area contributed by atoms with Crippen molar-refractivity contribution < 1.29 is 9.53 Å². The second-order valence-corrected chi connectivity index (χ2v) is 3.78. The second-order valence-electron chi connectivity index (χ2n) is 2.55. The number of hydrogen-bond acceptors (Lipinski definition) is 3. The molecule has 0 unspecified atom stereocenters. The van der Waals surface area contributed by atoms with Gasteiger partial charge in [-0.3, -0.25) is 0 Å². The van der Waals surface area contributed by atoms with Gasteiger partial charge in [-0.15, -0.1) is 0 Å². The molecule has 0 aromatic heterocycles. The molecule has 5 heteroatoms. The molecule has 0 amide bonds. The van der Waals surface area contributed by atoms with Crippen molar-refractivity contribution in [2.24, 2.45) is 0 Å². The summed E-state index contributed by atoms with van der Waals surface area (Å²) in [5.41, 5.74) is 6.14. The first kappa shape index (κ1) is 11.3. The molecule has 0 fully saturated rings. The monoisotopic (exact) mass is 277 g/mol. The van der Waals surface area contributed by atoms with Gasteiger partial charge in [0.1, 0.15) is 5.56 Å². The highest BCUT2D eigenvalue weighted by Crippen LogP contribution is 2.30. The number of carbonyl (C=O) groups is 1. The fourth-order valence-corrected chi connectivity index (χ4v) is 1.56. The van der Waals surface area contributed by atoms with Crippen LogP contribution in [-0.4, -0.2) is 12.6 Å². The molecule has 0 aliphatic rings. The van der Waals surface area contributed by atoms with Gasteiger partial charge in [0, 0.05) is 10.2 Å². The molecule has 3 nitrogen and oxygen atoms in total. The van der Waals surface area contributed by atoms with Crippen molar-refractivity contribution in [3.8, 4) is 0 Å². The summed E-state index contributed by atoms with van der Waals surface area (Å²) in [6.45, 7) is 2.01. The van der Waals surface area contributed by atoms with E-state index in [1.165, 1.54) is 0 Å². The highest BCUT2D eigenvalue weighted by molar-refractivity contribution is 9.10. The Morgan fingerprint density at radius 2 is 2.29 bits per heavy atom. The Kier molecular flexibility index (Phi) is 3.77. The Morgan fingerprint density at radius 3 is 2.86 bits per heavy atom. The minimum absolute atomic E-state index is 0.211. The summed E-state index contributed by atoms with van der Waals surface area (Å²) in [5.74, 6) is -0.503. The lowest BCUT2D eigenvalue weighted by molar-refractivity contribution is 0.0528. The molecule has 0 spiro atoms. The van der Waals surface area contributed by atoms with Crippen LogP contribution in [-0.2, 0) is 4.74 Å². The van der Waals surface area contributed by atoms with Crippen LogP contribution in [0, 0.1) is 0 Å². The summed E-state index contributed by atoms with van der Waals surface area (Å²) < 4.78 is 5.44. The lowest BCUT2D eigenvalue weighted by Gasteiger charge is -2.08. The second kappa shape index (κ2) is 4.66. The van der Waals surface area contributed by atoms with E-state index in [1.54, 1.807) is 19.1 Å². The number of nitrogen functional groups attached to an aromatic ring is 1. The Morgan fingerprint density at radius 1 is 1.64 bits per heavy atom. The molecule has 0 radical (unpaired) electrons. The van der Waals surface area contributed by atoms with Crippen molar-refractivity contribution in [1.29, 1.82) is 0 Å². The number of ether oxygens (including phenoxy) is 1. The van der Waals surface area contributed by atoms with Crippen LogP contribution in [0.15, 0.2) is 16.6 Å². The molecule has 76 valence electrons. The van der Waals surface area contributed by atoms with Crippen molar-refractivity contribution in [3.63, 3.8) is 0 Å². The van der Waals surface area contributed by atoms with Crippen molar-refractivity contribution in [1.82, 2.24) is 0 Å². The summed E-state index contributed by atoms with van der Waals surface area (Å²) in [5, 5.41) is 0.281. The van der Waals surface area contributed by atoms with Crippen LogP contribution in [0.3, 0.4) is 0 Å². The average Bonchev–Trinajstić information content (AvgIpc) is 2.13. The molecule has 1 aromatic rings. The number of esters is 1. The number of hydrogen-bond donors (Lipinski definition) is 1. The standard InChI is InChI=1S/C9H9BrClNO2/c1-2-14-9(13)7-6(12)4-3-5(10)8(7)11/h3-4H,2,12H2,1H3. The first-order chi connectivity index (χ1) is 6.57. The zero-order chi connectivity index (χ0) is 10.7. The number of anilines is 1. The largest absolute Gasteiger partial charge is 0.462 e. The van der Waals surface area contributed by atoms with E-state index in [9.17, 15) is 4.79 Å². The molecular formula is C9H9BrClNO2. The first-order valence-corrected chi connectivity index (χ1v) is 5.15. The molecule has 0 aliphatic carbocycles. The number of rotatable bonds is 2. The van der Waals surface area contributed by atoms with E-state index in [4.69, 9.17) is 22.1 Å². The minimum atomic E-state index is -0.503. The highest BCUT2D eigenvalue weighted by Gasteiger charge is 2.17. The fourth-order valence-electron chi connectivity index (χ4n) is 0.976. The van der Waals surface area contributed by atoms with Crippen LogP contribution < -0.4 is 5.73 Å². The van der Waals surface area contributed by atoms with E-state index >= 15 is 0 Å². The van der Waals surface area contributed by atoms with Crippen molar-refractivity contribution in [3.05, 3.63) is 27.2 Å². The van der Waals surface area contributed by atoms with Gasteiger partial charge in [-0.05, 0) is 35.0 Å². The molecule has 0 atom stereocenters. The van der Waals surface area contributed by atoms with Gasteiger partial charge in [-0.25, -0.2) is 4.79 Å². The SMILES string of the molecule is CCOC(=O)c1c(N)ccc(Br)c1Cl. The topological polar surface area (TPSA) is 52.3 Å². The third-order valence-electron chi connectivity index (χ3n) is 1.61. The molecule has 0 saturated carbocycles. The van der Waals surface area contributed by atoms with Gasteiger partial charge >= 0.3 is 5.97 Å². The zero-order valence-electron chi connectivity index (χ0n) is 7.51. The van der Waals surface area contributed by atoms with E-state index in [2.05, 4.69) is 15.9 Å². The Bertz CT molecular complexity index is 368. The summed E-state index contributed by atoms with van der Waals surface area (Å²) in [7, 11) is 0. The predicted molar refractivity (Wildman–Crippen MR) is 59.5 cm³/mol. The minimum Gasteiger partial charge on any atom is -0.462 e. The van der Waals surface area contributed by atoms with Gasteiger partial charge in [0.25, 0.3) is 0 Å². The molecule has 0 saturated heterocycles. The van der Waals surface area contributed by atoms with Crippen LogP contribution >= 0.6 is 27.5 Å². The number of benzene rings is 1. The van der Waals surface area contributed by atoms with Crippen molar-refractivity contribution in [2.45, 2.75) is 6.92 Å². The number of nitrogens with two attached hydrogens (primary N) is 1. The molecule has 2 N–H and O–H groups in total. The van der Waals surface area contributed by atoms with Gasteiger partial charge in [0.15, 0.2) is 0 Å². The number of carbonyl (C=O) groups excluding carboxylic acids is 1. The molecule has 14 heavy (non-hydrogen) atoms. The molecule has 0 aliphatic heterocycles. The van der Waals surface area contributed by atoms with E-state index in [-0.39, 0.29) is 10.6 Å². The van der Waals surface area contributed by atoms with Crippen molar-refractivity contribution in [2.75, 3.05) is 12.3 Å². The van der Waals surface area contributed by atoms with E-state index < -0.39 is 5.97 Å². The summed E-state index contributed by atoms with van der Waals surface area (Å²) >= 11 is 9.11. The van der Waals surface area contributed by atoms with E-state index in [1.807, 2.05) is 0 Å². The molecule has 0 heterocycles. The Balaban J connectivity index is 3.18. The summed E-state index contributed by atoms with van der Waals surface area (Å²) in [4.78, 5) is 11.4. The Labute approximate surface area is 95.3 Å². The third kappa shape index (κ3) is 2.19. The molecule has 0 bridgehead atoms. The maximum atomic E-state index is 11.4. The summed E-state index contributed by atoms with van der Waals surface area (Å²) in [6, 6.07) is 3.28. The molecule has 1 aromatic carbocycles. The van der Waals surface area contributed by atoms with Gasteiger partial charge in [0.05, 0.1) is 11.6 Å². The van der Waals surface area contributed by atoms with Gasteiger partial charge in [-0.1, -0.05) is 11.6 Å². The van der Waals surface area contributed by atoms with Gasteiger partial charge in [0.2, 0.25) is 0 Å². The summed E-state index contributed by atoms with van der Waals surface area (Å²) in [6.07, 6.45) is 0. The fraction of sp³-hybridized carbons (Fsp3) is 0.222. The normalized spacial score (nSPS) is 9.93. The van der Waals surface area contributed by atoms with Crippen LogP contribution in [0.1, 0.15) is 17.3 Å².